The van der Waals surface area contributed by atoms with Crippen LogP contribution in [0.25, 0.3) is 0 Å². The van der Waals surface area contributed by atoms with Gasteiger partial charge in [0.05, 0.1) is 11.8 Å². The molecular weight excluding hydrogens is 238 g/mol. The third kappa shape index (κ3) is 3.21. The molecule has 1 saturated heterocycles. The van der Waals surface area contributed by atoms with Crippen LogP contribution in [0.5, 0.6) is 0 Å². The zero-order valence-corrected chi connectivity index (χ0v) is 11.3. The van der Waals surface area contributed by atoms with E-state index in [4.69, 9.17) is 16.3 Å². The molecule has 5 heteroatoms. The Bertz CT molecular complexity index is 372. The van der Waals surface area contributed by atoms with Gasteiger partial charge in [0.15, 0.2) is 0 Å². The second-order valence-corrected chi connectivity index (χ2v) is 4.94. The van der Waals surface area contributed by atoms with Crippen LogP contribution >= 0.6 is 11.6 Å². The largest absolute Gasteiger partial charge is 0.378 e. The van der Waals surface area contributed by atoms with Gasteiger partial charge in [-0.3, -0.25) is 4.68 Å². The molecule has 0 aromatic carbocycles. The van der Waals surface area contributed by atoms with Gasteiger partial charge in [-0.15, -0.1) is 0 Å². The maximum atomic E-state index is 6.16. The van der Waals surface area contributed by atoms with Gasteiger partial charge in [-0.25, -0.2) is 0 Å². The van der Waals surface area contributed by atoms with Crippen LogP contribution in [0, 0.1) is 6.92 Å². The van der Waals surface area contributed by atoms with E-state index in [0.29, 0.717) is 6.10 Å². The normalized spacial score (nSPS) is 20.1. The number of nitrogens with one attached hydrogen (secondary N) is 1. The van der Waals surface area contributed by atoms with Crippen molar-refractivity contribution in [2.45, 2.75) is 38.8 Å². The standard InChI is InChI=1S/C12H20ClN3O/c1-9-11(12(13)16(2)15-9)8-14-6-5-10-4-3-7-17-10/h10,14H,3-8H2,1-2H3. The van der Waals surface area contributed by atoms with Gasteiger partial charge in [0.25, 0.3) is 0 Å². The summed E-state index contributed by atoms with van der Waals surface area (Å²) in [5, 5.41) is 8.42. The number of halogens is 1. The van der Waals surface area contributed by atoms with Crippen molar-refractivity contribution in [3.63, 3.8) is 0 Å². The number of aryl methyl sites for hydroxylation is 2. The SMILES string of the molecule is Cc1nn(C)c(Cl)c1CNCCC1CCCO1. The Morgan fingerprint density at radius 3 is 3.00 bits per heavy atom. The second-order valence-electron chi connectivity index (χ2n) is 4.58. The summed E-state index contributed by atoms with van der Waals surface area (Å²) in [6, 6.07) is 0. The molecule has 2 rings (SSSR count). The lowest BCUT2D eigenvalue weighted by atomic mass is 10.2. The highest BCUT2D eigenvalue weighted by Gasteiger charge is 2.15. The third-order valence-electron chi connectivity index (χ3n) is 3.24. The Balaban J connectivity index is 1.74. The highest BCUT2D eigenvalue weighted by molar-refractivity contribution is 6.30. The first-order valence-electron chi connectivity index (χ1n) is 6.18. The van der Waals surface area contributed by atoms with Crippen LogP contribution in [-0.2, 0) is 18.3 Å². The summed E-state index contributed by atoms with van der Waals surface area (Å²) in [6.45, 7) is 4.67. The summed E-state index contributed by atoms with van der Waals surface area (Å²) in [5.41, 5.74) is 2.10. The van der Waals surface area contributed by atoms with E-state index in [0.717, 1.165) is 42.5 Å². The van der Waals surface area contributed by atoms with Crippen molar-refractivity contribution in [1.82, 2.24) is 15.1 Å². The maximum absolute atomic E-state index is 6.16. The lowest BCUT2D eigenvalue weighted by molar-refractivity contribution is 0.104. The molecule has 1 atom stereocenters. The van der Waals surface area contributed by atoms with Crippen LogP contribution in [-0.4, -0.2) is 29.0 Å². The molecular formula is C12H20ClN3O. The van der Waals surface area contributed by atoms with Crippen molar-refractivity contribution >= 4 is 11.6 Å². The first kappa shape index (κ1) is 12.9. The average Bonchev–Trinajstić information content (AvgIpc) is 2.87. The van der Waals surface area contributed by atoms with Crippen LogP contribution in [0.4, 0.5) is 0 Å². The molecule has 0 radical (unpaired) electrons. The van der Waals surface area contributed by atoms with Gasteiger partial charge in [0.1, 0.15) is 5.15 Å². The minimum absolute atomic E-state index is 0.452. The van der Waals surface area contributed by atoms with Crippen LogP contribution in [0.15, 0.2) is 0 Å². The Morgan fingerprint density at radius 1 is 1.59 bits per heavy atom. The maximum Gasteiger partial charge on any atom is 0.131 e. The fraction of sp³-hybridized carbons (Fsp3) is 0.750. The number of aromatic nitrogens is 2. The van der Waals surface area contributed by atoms with Gasteiger partial charge in [-0.2, -0.15) is 5.10 Å². The summed E-state index contributed by atoms with van der Waals surface area (Å²) < 4.78 is 7.29. The lowest BCUT2D eigenvalue weighted by Gasteiger charge is -2.09. The van der Waals surface area contributed by atoms with Gasteiger partial charge in [0.2, 0.25) is 0 Å². The summed E-state index contributed by atoms with van der Waals surface area (Å²) in [7, 11) is 1.87. The van der Waals surface area contributed by atoms with Crippen molar-refractivity contribution in [3.8, 4) is 0 Å². The number of hydrogen-bond acceptors (Lipinski definition) is 3. The van der Waals surface area contributed by atoms with E-state index >= 15 is 0 Å². The van der Waals surface area contributed by atoms with Crippen LogP contribution in [0.1, 0.15) is 30.5 Å². The van der Waals surface area contributed by atoms with E-state index < -0.39 is 0 Å². The zero-order chi connectivity index (χ0) is 12.3. The molecule has 0 bridgehead atoms. The molecule has 1 N–H and O–H groups in total. The molecule has 0 amide bonds. The lowest BCUT2D eigenvalue weighted by Crippen LogP contribution is -2.20. The number of hydrogen-bond donors (Lipinski definition) is 1. The minimum atomic E-state index is 0.452. The quantitative estimate of drug-likeness (QED) is 0.821. The van der Waals surface area contributed by atoms with Crippen LogP contribution in [0.2, 0.25) is 5.15 Å². The zero-order valence-electron chi connectivity index (χ0n) is 10.5. The molecule has 2 heterocycles. The summed E-state index contributed by atoms with van der Waals surface area (Å²) in [6.07, 6.45) is 3.94. The highest BCUT2D eigenvalue weighted by atomic mass is 35.5. The van der Waals surface area contributed by atoms with E-state index in [1.54, 1.807) is 4.68 Å². The molecule has 1 aliphatic heterocycles. The summed E-state index contributed by atoms with van der Waals surface area (Å²) in [5.74, 6) is 0. The second kappa shape index (κ2) is 5.85. The fourth-order valence-corrected chi connectivity index (χ4v) is 2.46. The van der Waals surface area contributed by atoms with Crippen LogP contribution < -0.4 is 5.32 Å². The van der Waals surface area contributed by atoms with E-state index in [-0.39, 0.29) is 0 Å². The molecule has 1 unspecified atom stereocenters. The number of rotatable bonds is 5. The molecule has 0 saturated carbocycles. The van der Waals surface area contributed by atoms with Crippen molar-refractivity contribution < 1.29 is 4.74 Å². The van der Waals surface area contributed by atoms with E-state index in [9.17, 15) is 0 Å². The van der Waals surface area contributed by atoms with Crippen molar-refractivity contribution in [2.75, 3.05) is 13.2 Å². The van der Waals surface area contributed by atoms with E-state index in [1.807, 2.05) is 14.0 Å². The predicted octanol–water partition coefficient (Wildman–Crippen LogP) is 2.04. The third-order valence-corrected chi connectivity index (χ3v) is 3.71. The molecule has 1 fully saturated rings. The minimum Gasteiger partial charge on any atom is -0.378 e. The van der Waals surface area contributed by atoms with E-state index in [2.05, 4.69) is 10.4 Å². The first-order valence-corrected chi connectivity index (χ1v) is 6.56. The molecule has 0 aliphatic carbocycles. The van der Waals surface area contributed by atoms with Gasteiger partial charge in [-0.05, 0) is 32.7 Å². The highest BCUT2D eigenvalue weighted by Crippen LogP contribution is 2.18. The van der Waals surface area contributed by atoms with Crippen molar-refractivity contribution in [1.29, 1.82) is 0 Å². The number of nitrogens with zero attached hydrogens (tertiary/aromatic N) is 2. The van der Waals surface area contributed by atoms with Crippen LogP contribution in [0.3, 0.4) is 0 Å². The molecule has 96 valence electrons. The Labute approximate surface area is 107 Å². The van der Waals surface area contributed by atoms with Crippen molar-refractivity contribution in [3.05, 3.63) is 16.4 Å². The molecule has 17 heavy (non-hydrogen) atoms. The topological polar surface area (TPSA) is 39.1 Å². The van der Waals surface area contributed by atoms with Gasteiger partial charge < -0.3 is 10.1 Å². The monoisotopic (exact) mass is 257 g/mol. The van der Waals surface area contributed by atoms with Gasteiger partial charge in [-0.1, -0.05) is 11.6 Å². The van der Waals surface area contributed by atoms with E-state index in [1.165, 1.54) is 12.8 Å². The Morgan fingerprint density at radius 2 is 2.41 bits per heavy atom. The molecule has 4 nitrogen and oxygen atoms in total. The molecule has 1 aliphatic rings. The first-order chi connectivity index (χ1) is 8.18. The molecule has 0 spiro atoms. The molecule has 1 aromatic rings. The smallest absolute Gasteiger partial charge is 0.131 e. The van der Waals surface area contributed by atoms with Gasteiger partial charge in [0, 0.05) is 25.8 Å². The predicted molar refractivity (Wildman–Crippen MR) is 68.3 cm³/mol. The molecule has 1 aromatic heterocycles. The average molecular weight is 258 g/mol. The van der Waals surface area contributed by atoms with Gasteiger partial charge >= 0.3 is 0 Å². The summed E-state index contributed by atoms with van der Waals surface area (Å²) >= 11 is 6.16. The Hall–Kier alpha value is -0.580. The summed E-state index contributed by atoms with van der Waals surface area (Å²) in [4.78, 5) is 0. The number of ether oxygens (including phenoxy) is 1. The fourth-order valence-electron chi connectivity index (χ4n) is 2.22. The van der Waals surface area contributed by atoms with Crippen molar-refractivity contribution in [2.24, 2.45) is 7.05 Å². The Kier molecular flexibility index (Phi) is 4.42.